The molecule has 4 amide bonds. The van der Waals surface area contributed by atoms with Gasteiger partial charge in [-0.15, -0.1) is 36.5 Å². The normalized spacial score (nSPS) is 27.5. The molecule has 0 unspecified atom stereocenters. The van der Waals surface area contributed by atoms with E-state index in [-0.39, 0.29) is 67.6 Å². The number of unbranched alkanes of at least 4 members (excludes halogenated alkanes) is 4. The average Bonchev–Trinajstić information content (AvgIpc) is 3.93. The number of hydrogen-bond acceptors (Lipinski definition) is 12. The van der Waals surface area contributed by atoms with E-state index in [2.05, 4.69) is 52.4 Å². The summed E-state index contributed by atoms with van der Waals surface area (Å²) in [5, 5.41) is 28.9. The summed E-state index contributed by atoms with van der Waals surface area (Å²) in [5.74, 6) is -4.27. The maximum Gasteiger partial charge on any atom is 0.332 e. The van der Waals surface area contributed by atoms with E-state index >= 15 is 0 Å². The molecule has 4 aliphatic rings. The third kappa shape index (κ3) is 12.6. The van der Waals surface area contributed by atoms with E-state index in [1.807, 2.05) is 42.5 Å². The first kappa shape index (κ1) is 53.0. The van der Waals surface area contributed by atoms with Crippen LogP contribution in [-0.2, 0) is 38.2 Å². The monoisotopic (exact) mass is 941 g/mol. The van der Waals surface area contributed by atoms with E-state index in [0.717, 1.165) is 44.1 Å². The number of carbonyl (C=O) groups excluding carboxylic acids is 6. The van der Waals surface area contributed by atoms with Crippen LogP contribution in [-0.4, -0.2) is 128 Å². The van der Waals surface area contributed by atoms with Gasteiger partial charge in [-0.25, -0.2) is 9.59 Å². The molecule has 0 radical (unpaired) electrons. The smallest absolute Gasteiger partial charge is 0.332 e. The Hall–Kier alpha value is -5.97. The van der Waals surface area contributed by atoms with Crippen LogP contribution in [0.1, 0.15) is 96.9 Å². The van der Waals surface area contributed by atoms with Crippen LogP contribution in [0.25, 0.3) is 11.4 Å². The third-order valence-electron chi connectivity index (χ3n) is 13.8. The van der Waals surface area contributed by atoms with Gasteiger partial charge in [0.25, 0.3) is 0 Å². The molecule has 0 bridgehead atoms. The summed E-state index contributed by atoms with van der Waals surface area (Å²) in [6, 6.07) is 9.24. The second-order valence-electron chi connectivity index (χ2n) is 18.5. The van der Waals surface area contributed by atoms with Crippen molar-refractivity contribution in [3.05, 3.63) is 81.0 Å². The summed E-state index contributed by atoms with van der Waals surface area (Å²) in [5.41, 5.74) is -1.38. The highest BCUT2D eigenvalue weighted by atomic mass is 16.5. The molecule has 0 aliphatic heterocycles. The fourth-order valence-corrected chi connectivity index (χ4v) is 9.63. The molecule has 3 N–H and O–H groups in total. The fourth-order valence-electron chi connectivity index (χ4n) is 9.63. The van der Waals surface area contributed by atoms with Crippen molar-refractivity contribution in [2.75, 3.05) is 40.4 Å². The van der Waals surface area contributed by atoms with Crippen LogP contribution in [0, 0.1) is 35.5 Å². The summed E-state index contributed by atoms with van der Waals surface area (Å²) in [7, 11) is 3.50. The van der Waals surface area contributed by atoms with E-state index in [0.29, 0.717) is 44.6 Å². The van der Waals surface area contributed by atoms with Crippen molar-refractivity contribution in [3.8, 4) is 11.4 Å². The number of aliphatic hydroxyl groups excluding tert-OH is 1. The van der Waals surface area contributed by atoms with Crippen molar-refractivity contribution in [3.63, 3.8) is 0 Å². The Morgan fingerprint density at radius 3 is 1.63 bits per heavy atom. The highest BCUT2D eigenvalue weighted by Gasteiger charge is 2.63. The summed E-state index contributed by atoms with van der Waals surface area (Å²) >= 11 is 0. The molecular weight excluding hydrogens is 869 g/mol. The number of amides is 4. The number of rotatable bonds is 24. The first-order valence-corrected chi connectivity index (χ1v) is 24.1. The number of ether oxygens (including phenoxy) is 2. The Morgan fingerprint density at radius 2 is 1.18 bits per heavy atom. The molecule has 1 heterocycles. The Bertz CT molecular complexity index is 2130. The molecule has 2 aromatic rings. The van der Waals surface area contributed by atoms with Gasteiger partial charge in [0.2, 0.25) is 29.5 Å². The van der Waals surface area contributed by atoms with Crippen LogP contribution in [0.2, 0.25) is 0 Å². The number of aromatic nitrogens is 4. The van der Waals surface area contributed by atoms with Crippen LogP contribution in [0.15, 0.2) is 81.0 Å². The van der Waals surface area contributed by atoms with E-state index in [4.69, 9.17) is 9.47 Å². The number of allylic oxidation sites excluding steroid dienone is 2. The molecule has 4 fully saturated rings. The lowest BCUT2D eigenvalue weighted by Crippen LogP contribution is -2.50. The van der Waals surface area contributed by atoms with Crippen LogP contribution in [0.5, 0.6) is 0 Å². The first-order valence-electron chi connectivity index (χ1n) is 24.1. The fraction of sp³-hybridized carbons (Fsp3) is 0.588. The van der Waals surface area contributed by atoms with Gasteiger partial charge in [-0.05, 0) is 96.1 Å². The molecular formula is C51H72N8O9. The molecule has 1 aromatic carbocycles. The Labute approximate surface area is 400 Å². The summed E-state index contributed by atoms with van der Waals surface area (Å²) < 4.78 is 10.4. The van der Waals surface area contributed by atoms with Gasteiger partial charge in [-0.3, -0.25) is 19.2 Å². The predicted octanol–water partition coefficient (Wildman–Crippen LogP) is 5.16. The van der Waals surface area contributed by atoms with E-state index in [9.17, 15) is 33.9 Å². The van der Waals surface area contributed by atoms with Gasteiger partial charge in [0.15, 0.2) is 0 Å². The summed E-state index contributed by atoms with van der Waals surface area (Å²) in [6.07, 6.45) is 13.8. The summed E-state index contributed by atoms with van der Waals surface area (Å²) in [4.78, 5) is 83.3. The number of carbonyl (C=O) groups is 6. The zero-order valence-electron chi connectivity index (χ0n) is 40.4. The van der Waals surface area contributed by atoms with Crippen molar-refractivity contribution in [2.45, 2.75) is 114 Å². The van der Waals surface area contributed by atoms with Crippen LogP contribution in [0.4, 0.5) is 0 Å². The van der Waals surface area contributed by atoms with Gasteiger partial charge in [-0.2, -0.15) is 4.80 Å². The molecule has 0 saturated heterocycles. The molecule has 17 heteroatoms. The zero-order valence-corrected chi connectivity index (χ0v) is 40.4. The number of hydrogen-bond donors (Lipinski definition) is 3. The number of esters is 2. The van der Waals surface area contributed by atoms with Crippen LogP contribution < -0.4 is 10.6 Å². The second-order valence-corrected chi connectivity index (χ2v) is 18.5. The van der Waals surface area contributed by atoms with Gasteiger partial charge in [-0.1, -0.05) is 54.6 Å². The first-order chi connectivity index (χ1) is 32.6. The van der Waals surface area contributed by atoms with Crippen molar-refractivity contribution in [1.29, 1.82) is 0 Å². The SMILES string of the molecule is C=CCCCCN(C)C(=O)[C@@H]1C[C@@H](O)C[C@H]1C(=O)N[C@]1(C(=O)OCC)C[C@H]1C=C.C=CCCCCN(C)C(=O)[C@@H]1C[C@H](n2nnc(-c3ccccc3)n2)C[C@H]1C(=O)N[C@]1(C(=O)OCC)C[C@H]1C=C. The van der Waals surface area contributed by atoms with Gasteiger partial charge >= 0.3 is 11.9 Å². The highest BCUT2D eigenvalue weighted by molar-refractivity contribution is 5.96. The number of aliphatic hydroxyl groups is 1. The van der Waals surface area contributed by atoms with Crippen LogP contribution >= 0.6 is 0 Å². The molecule has 17 nitrogen and oxygen atoms in total. The van der Waals surface area contributed by atoms with E-state index in [1.54, 1.807) is 49.9 Å². The van der Waals surface area contributed by atoms with Crippen molar-refractivity contribution < 1.29 is 43.3 Å². The van der Waals surface area contributed by atoms with Crippen molar-refractivity contribution in [2.24, 2.45) is 35.5 Å². The van der Waals surface area contributed by atoms with Gasteiger partial charge in [0.05, 0.1) is 49.0 Å². The zero-order chi connectivity index (χ0) is 49.6. The lowest BCUT2D eigenvalue weighted by molar-refractivity contribution is -0.150. The minimum absolute atomic E-state index is 0.0964. The van der Waals surface area contributed by atoms with Crippen molar-refractivity contribution >= 4 is 35.6 Å². The topological polar surface area (TPSA) is 215 Å². The van der Waals surface area contributed by atoms with Crippen LogP contribution in [0.3, 0.4) is 0 Å². The maximum atomic E-state index is 13.7. The Morgan fingerprint density at radius 1 is 0.721 bits per heavy atom. The summed E-state index contributed by atoms with van der Waals surface area (Å²) in [6.45, 7) is 20.0. The van der Waals surface area contributed by atoms with Crippen molar-refractivity contribution in [1.82, 2.24) is 40.6 Å². The standard InChI is InChI=1S/C29H38N6O4.C22H34N2O5/c1-5-8-9-13-16-34(4)27(37)24-18-22(35-32-25(31-33-35)20-14-11-10-12-15-20)17-23(24)26(36)30-29(19-21(29)6-2)28(38)39-7-3;1-5-8-9-10-11-24(4)20(27)18-13-16(25)12-17(18)19(26)23-22(14-15(22)6-2)21(28)29-7-3/h5-6,10-12,14-15,21-24H,1-2,7-9,13,16-19H2,3-4H3,(H,30,36);5-6,15-18,25H,1-2,7-14H2,3-4H3,(H,23,26)/t21-,22-,23-,24-,29-;15-,16+,17-,18-,22-/m11/s1. The van der Waals surface area contributed by atoms with E-state index in [1.165, 1.54) is 4.80 Å². The van der Waals surface area contributed by atoms with Gasteiger partial charge in [0, 0.05) is 44.6 Å². The molecule has 68 heavy (non-hydrogen) atoms. The van der Waals surface area contributed by atoms with Gasteiger partial charge < -0.3 is 35.0 Å². The lowest BCUT2D eigenvalue weighted by Gasteiger charge is -2.26. The molecule has 10 atom stereocenters. The number of nitrogens with zero attached hydrogens (tertiary/aromatic N) is 6. The Balaban J connectivity index is 0.000000266. The number of tetrazole rings is 1. The average molecular weight is 941 g/mol. The minimum atomic E-state index is -1.12. The largest absolute Gasteiger partial charge is 0.464 e. The molecule has 370 valence electrons. The second kappa shape index (κ2) is 24.4. The number of benzene rings is 1. The molecule has 1 aromatic heterocycles. The quantitative estimate of drug-likeness (QED) is 0.0708. The van der Waals surface area contributed by atoms with Gasteiger partial charge in [0.1, 0.15) is 11.1 Å². The predicted molar refractivity (Wildman–Crippen MR) is 256 cm³/mol. The molecule has 6 rings (SSSR count). The molecule has 4 aliphatic carbocycles. The molecule has 0 spiro atoms. The maximum absolute atomic E-state index is 13.7. The molecule has 4 saturated carbocycles. The lowest BCUT2D eigenvalue weighted by atomic mass is 9.93. The third-order valence-corrected chi connectivity index (χ3v) is 13.8. The Kier molecular flexibility index (Phi) is 19.0. The number of nitrogens with one attached hydrogen (secondary N) is 2. The van der Waals surface area contributed by atoms with E-state index < -0.39 is 52.8 Å². The highest BCUT2D eigenvalue weighted by Crippen LogP contribution is 2.48. The minimum Gasteiger partial charge on any atom is -0.464 e.